The van der Waals surface area contributed by atoms with E-state index in [2.05, 4.69) is 5.32 Å². The van der Waals surface area contributed by atoms with Crippen molar-refractivity contribution in [2.75, 3.05) is 13.1 Å². The van der Waals surface area contributed by atoms with Crippen LogP contribution in [0.25, 0.3) is 10.2 Å². The normalized spacial score (nSPS) is 15.2. The Kier molecular flexibility index (Phi) is 4.40. The lowest BCUT2D eigenvalue weighted by molar-refractivity contribution is -0.141. The highest BCUT2D eigenvalue weighted by molar-refractivity contribution is 7.80. The van der Waals surface area contributed by atoms with E-state index in [9.17, 15) is 22.8 Å². The maximum Gasteiger partial charge on any atom is 0.406 e. The van der Waals surface area contributed by atoms with Crippen LogP contribution in [0.5, 0.6) is 0 Å². The topological polar surface area (TPSA) is 59.3 Å². The smallest absolute Gasteiger partial charge is 0.361 e. The minimum absolute atomic E-state index is 0.157. The third-order valence-electron chi connectivity index (χ3n) is 4.13. The van der Waals surface area contributed by atoms with Crippen LogP contribution in [-0.4, -0.2) is 38.4 Å². The van der Waals surface area contributed by atoms with Gasteiger partial charge < -0.3 is 10.2 Å². The molecule has 1 fully saturated rings. The van der Waals surface area contributed by atoms with E-state index >= 15 is 0 Å². The predicted octanol–water partition coefficient (Wildman–Crippen LogP) is 1.32. The number of nitrogens with one attached hydrogen (secondary N) is 1. The second-order valence-electron chi connectivity index (χ2n) is 5.83. The lowest BCUT2D eigenvalue weighted by Crippen LogP contribution is -2.42. The summed E-state index contributed by atoms with van der Waals surface area (Å²) in [5, 5.41) is 3.78. The van der Waals surface area contributed by atoms with Crippen LogP contribution >= 0.6 is 23.6 Å². The lowest BCUT2D eigenvalue weighted by atomic mass is 10.2. The second-order valence-corrected chi connectivity index (χ2v) is 7.30. The monoisotopic (exact) mass is 392 g/mol. The number of halogens is 3. The van der Waals surface area contributed by atoms with E-state index in [-0.39, 0.29) is 9.95 Å². The zero-order valence-corrected chi connectivity index (χ0v) is 15.1. The Morgan fingerprint density at radius 2 is 2.00 bits per heavy atom. The number of thiophene rings is 1. The molecule has 0 bridgehead atoms. The standard InChI is InChI=1S/C14H15F3N4O2S2/c1-7-8(5-20-4-3-18-12(20)24)25-11-9(7)10(22)21(6-14(15,16)17)13(23)19(11)2/h3-6H2,1-2H3,(H,18,24). The highest BCUT2D eigenvalue weighted by Gasteiger charge is 2.31. The Morgan fingerprint density at radius 1 is 1.32 bits per heavy atom. The van der Waals surface area contributed by atoms with Gasteiger partial charge in [0.15, 0.2) is 5.11 Å². The zero-order valence-electron chi connectivity index (χ0n) is 13.4. The lowest BCUT2D eigenvalue weighted by Gasteiger charge is -2.15. The van der Waals surface area contributed by atoms with Gasteiger partial charge in [-0.2, -0.15) is 13.2 Å². The Bertz CT molecular complexity index is 974. The molecule has 0 amide bonds. The SMILES string of the molecule is Cc1c(CN2CCNC2=S)sc2c1c(=O)n(CC(F)(F)F)c(=O)n2C. The van der Waals surface area contributed by atoms with Crippen molar-refractivity contribution < 1.29 is 13.2 Å². The molecule has 1 N–H and O–H groups in total. The number of hydrogen-bond donors (Lipinski definition) is 1. The molecule has 0 aromatic carbocycles. The van der Waals surface area contributed by atoms with Gasteiger partial charge >= 0.3 is 11.9 Å². The molecule has 0 saturated carbocycles. The Morgan fingerprint density at radius 3 is 2.56 bits per heavy atom. The highest BCUT2D eigenvalue weighted by atomic mass is 32.1. The molecule has 2 aromatic rings. The van der Waals surface area contributed by atoms with Gasteiger partial charge in [0.1, 0.15) is 11.4 Å². The minimum Gasteiger partial charge on any atom is -0.361 e. The molecule has 0 unspecified atom stereocenters. The summed E-state index contributed by atoms with van der Waals surface area (Å²) in [6, 6.07) is 0. The first kappa shape index (κ1) is 17.9. The first-order valence-corrected chi connectivity index (χ1v) is 8.64. The fourth-order valence-corrected chi connectivity index (χ4v) is 4.35. The van der Waals surface area contributed by atoms with Gasteiger partial charge in [-0.1, -0.05) is 0 Å². The molecule has 0 spiro atoms. The first-order chi connectivity index (χ1) is 11.6. The van der Waals surface area contributed by atoms with Crippen molar-refractivity contribution in [3.05, 3.63) is 31.3 Å². The second kappa shape index (κ2) is 6.13. The molecular formula is C14H15F3N4O2S2. The van der Waals surface area contributed by atoms with Gasteiger partial charge in [-0.15, -0.1) is 11.3 Å². The van der Waals surface area contributed by atoms with Crippen LogP contribution in [0.4, 0.5) is 13.2 Å². The maximum absolute atomic E-state index is 12.7. The molecule has 1 aliphatic rings. The molecule has 1 aliphatic heterocycles. The molecule has 2 aromatic heterocycles. The Labute approximate surface area is 149 Å². The van der Waals surface area contributed by atoms with Gasteiger partial charge in [0.05, 0.1) is 11.9 Å². The number of nitrogens with zero attached hydrogens (tertiary/aromatic N) is 3. The van der Waals surface area contributed by atoms with Gasteiger partial charge in [-0.3, -0.25) is 13.9 Å². The molecule has 136 valence electrons. The van der Waals surface area contributed by atoms with Crippen LogP contribution in [0, 0.1) is 6.92 Å². The first-order valence-electron chi connectivity index (χ1n) is 7.41. The molecule has 0 radical (unpaired) electrons. The van der Waals surface area contributed by atoms with Gasteiger partial charge in [-0.25, -0.2) is 4.79 Å². The van der Waals surface area contributed by atoms with E-state index in [1.54, 1.807) is 6.92 Å². The molecule has 0 aliphatic carbocycles. The highest BCUT2D eigenvalue weighted by Crippen LogP contribution is 2.29. The predicted molar refractivity (Wildman–Crippen MR) is 93.1 cm³/mol. The molecule has 25 heavy (non-hydrogen) atoms. The van der Waals surface area contributed by atoms with Crippen LogP contribution in [0.1, 0.15) is 10.4 Å². The van der Waals surface area contributed by atoms with Crippen molar-refractivity contribution in [2.24, 2.45) is 7.05 Å². The van der Waals surface area contributed by atoms with Gasteiger partial charge in [0.25, 0.3) is 5.56 Å². The van der Waals surface area contributed by atoms with E-state index in [4.69, 9.17) is 12.2 Å². The number of alkyl halides is 3. The summed E-state index contributed by atoms with van der Waals surface area (Å²) in [6.45, 7) is 1.97. The minimum atomic E-state index is -4.65. The van der Waals surface area contributed by atoms with Crippen LogP contribution < -0.4 is 16.6 Å². The number of fused-ring (bicyclic) bond motifs is 1. The third-order valence-corrected chi connectivity index (χ3v) is 5.88. The van der Waals surface area contributed by atoms with Crippen molar-refractivity contribution in [3.8, 4) is 0 Å². The van der Waals surface area contributed by atoms with Crippen molar-refractivity contribution in [3.63, 3.8) is 0 Å². The van der Waals surface area contributed by atoms with Gasteiger partial charge in [-0.05, 0) is 24.7 Å². The van der Waals surface area contributed by atoms with E-state index in [1.165, 1.54) is 18.4 Å². The van der Waals surface area contributed by atoms with Crippen molar-refractivity contribution in [2.45, 2.75) is 26.2 Å². The van der Waals surface area contributed by atoms with Crippen molar-refractivity contribution in [1.29, 1.82) is 0 Å². The Balaban J connectivity index is 2.16. The van der Waals surface area contributed by atoms with Crippen molar-refractivity contribution in [1.82, 2.24) is 19.4 Å². The average molecular weight is 392 g/mol. The summed E-state index contributed by atoms with van der Waals surface area (Å²) >= 11 is 6.42. The fraction of sp³-hybridized carbons (Fsp3) is 0.500. The van der Waals surface area contributed by atoms with Crippen LogP contribution in [-0.2, 0) is 20.1 Å². The van der Waals surface area contributed by atoms with E-state index < -0.39 is 24.0 Å². The third kappa shape index (κ3) is 3.17. The van der Waals surface area contributed by atoms with Crippen LogP contribution in [0.15, 0.2) is 9.59 Å². The molecule has 1 saturated heterocycles. The number of hydrogen-bond acceptors (Lipinski definition) is 4. The van der Waals surface area contributed by atoms with E-state index in [0.717, 1.165) is 16.0 Å². The largest absolute Gasteiger partial charge is 0.406 e. The van der Waals surface area contributed by atoms with E-state index in [1.807, 2.05) is 4.90 Å². The van der Waals surface area contributed by atoms with Gasteiger partial charge in [0.2, 0.25) is 0 Å². The molecule has 11 heteroatoms. The number of aryl methyl sites for hydroxylation is 2. The summed E-state index contributed by atoms with van der Waals surface area (Å²) in [5.74, 6) is 0. The maximum atomic E-state index is 12.7. The summed E-state index contributed by atoms with van der Waals surface area (Å²) in [6.07, 6.45) is -4.65. The van der Waals surface area contributed by atoms with Gasteiger partial charge in [0, 0.05) is 25.0 Å². The summed E-state index contributed by atoms with van der Waals surface area (Å²) < 4.78 is 39.5. The Hall–Kier alpha value is -1.88. The quantitative estimate of drug-likeness (QED) is 0.799. The zero-order chi connectivity index (χ0) is 18.5. The molecule has 3 rings (SSSR count). The summed E-state index contributed by atoms with van der Waals surface area (Å²) in [5.41, 5.74) is -1.29. The van der Waals surface area contributed by atoms with Crippen LogP contribution in [0.2, 0.25) is 0 Å². The summed E-state index contributed by atoms with van der Waals surface area (Å²) in [4.78, 5) is 27.8. The molecule has 0 atom stereocenters. The number of aromatic nitrogens is 2. The van der Waals surface area contributed by atoms with E-state index in [0.29, 0.717) is 28.6 Å². The van der Waals surface area contributed by atoms with Crippen LogP contribution in [0.3, 0.4) is 0 Å². The summed E-state index contributed by atoms with van der Waals surface area (Å²) in [7, 11) is 1.37. The average Bonchev–Trinajstić information content (AvgIpc) is 3.06. The van der Waals surface area contributed by atoms with Crippen molar-refractivity contribution >= 4 is 38.9 Å². The number of thiocarbonyl (C=S) groups is 1. The molecular weight excluding hydrogens is 377 g/mol. The number of rotatable bonds is 3. The molecule has 6 nitrogen and oxygen atoms in total. The fourth-order valence-electron chi connectivity index (χ4n) is 2.83. The molecule has 3 heterocycles.